The van der Waals surface area contributed by atoms with Gasteiger partial charge in [0.2, 0.25) is 0 Å². The van der Waals surface area contributed by atoms with Crippen molar-refractivity contribution in [1.82, 2.24) is 10.2 Å². The molecule has 0 bridgehead atoms. The number of hydrogen-bond donors (Lipinski definition) is 1. The van der Waals surface area contributed by atoms with E-state index in [-0.39, 0.29) is 0 Å². The third-order valence-corrected chi connectivity index (χ3v) is 5.68. The first-order valence-corrected chi connectivity index (χ1v) is 10.0. The Hall–Kier alpha value is -2.14. The Labute approximate surface area is 159 Å². The highest BCUT2D eigenvalue weighted by Crippen LogP contribution is 2.33. The van der Waals surface area contributed by atoms with Crippen molar-refractivity contribution in [3.63, 3.8) is 0 Å². The van der Waals surface area contributed by atoms with Crippen LogP contribution in [0.3, 0.4) is 0 Å². The summed E-state index contributed by atoms with van der Waals surface area (Å²) in [7, 11) is 0. The van der Waals surface area contributed by atoms with Crippen LogP contribution in [0.5, 0.6) is 5.75 Å². The maximum Gasteiger partial charge on any atom is 0.120 e. The molecule has 1 atom stereocenters. The predicted octanol–water partition coefficient (Wildman–Crippen LogP) is 4.32. The van der Waals surface area contributed by atoms with Gasteiger partial charge in [-0.3, -0.25) is 4.90 Å². The zero-order valence-electron chi connectivity index (χ0n) is 14.8. The minimum atomic E-state index is 0.303. The fraction of sp³-hybridized carbons (Fsp3) is 0.273. The molecule has 1 aromatic heterocycles. The SMILES string of the molecule is c1ccc(COc2cccc([C@H](c3cccs3)N3CCNCC3)c2)cc1. The lowest BCUT2D eigenvalue weighted by atomic mass is 10.0. The van der Waals surface area contributed by atoms with Gasteiger partial charge in [-0.15, -0.1) is 11.3 Å². The molecule has 0 aliphatic carbocycles. The molecule has 1 N–H and O–H groups in total. The number of ether oxygens (including phenoxy) is 1. The normalized spacial score (nSPS) is 16.3. The van der Waals surface area contributed by atoms with Crippen molar-refractivity contribution >= 4 is 11.3 Å². The lowest BCUT2D eigenvalue weighted by Crippen LogP contribution is -2.45. The van der Waals surface area contributed by atoms with E-state index in [4.69, 9.17) is 4.74 Å². The van der Waals surface area contributed by atoms with Crippen LogP contribution >= 0.6 is 11.3 Å². The van der Waals surface area contributed by atoms with Crippen LogP contribution < -0.4 is 10.1 Å². The van der Waals surface area contributed by atoms with Gasteiger partial charge in [0.05, 0.1) is 6.04 Å². The van der Waals surface area contributed by atoms with E-state index in [2.05, 4.69) is 64.1 Å². The van der Waals surface area contributed by atoms with E-state index < -0.39 is 0 Å². The average molecular weight is 365 g/mol. The second kappa shape index (κ2) is 8.49. The van der Waals surface area contributed by atoms with E-state index >= 15 is 0 Å². The highest BCUT2D eigenvalue weighted by molar-refractivity contribution is 7.10. The van der Waals surface area contributed by atoms with E-state index in [0.29, 0.717) is 12.6 Å². The number of hydrogen-bond acceptors (Lipinski definition) is 4. The highest BCUT2D eigenvalue weighted by Gasteiger charge is 2.24. The first kappa shape index (κ1) is 17.3. The van der Waals surface area contributed by atoms with E-state index in [0.717, 1.165) is 31.9 Å². The molecule has 1 aliphatic heterocycles. The Morgan fingerprint density at radius 3 is 2.58 bits per heavy atom. The summed E-state index contributed by atoms with van der Waals surface area (Å²) in [4.78, 5) is 3.96. The molecular formula is C22H24N2OS. The van der Waals surface area contributed by atoms with E-state index in [1.807, 2.05) is 29.5 Å². The van der Waals surface area contributed by atoms with Crippen molar-refractivity contribution in [3.8, 4) is 5.75 Å². The van der Waals surface area contributed by atoms with Crippen LogP contribution in [0.1, 0.15) is 22.0 Å². The number of rotatable bonds is 6. The van der Waals surface area contributed by atoms with Crippen LogP contribution in [0.2, 0.25) is 0 Å². The van der Waals surface area contributed by atoms with Gasteiger partial charge in [-0.2, -0.15) is 0 Å². The van der Waals surface area contributed by atoms with Crippen molar-refractivity contribution in [3.05, 3.63) is 88.1 Å². The summed E-state index contributed by atoms with van der Waals surface area (Å²) in [6.45, 7) is 4.83. The topological polar surface area (TPSA) is 24.5 Å². The minimum Gasteiger partial charge on any atom is -0.489 e. The maximum absolute atomic E-state index is 6.06. The Morgan fingerprint density at radius 2 is 1.81 bits per heavy atom. The average Bonchev–Trinajstić information content (AvgIpc) is 3.23. The summed E-state index contributed by atoms with van der Waals surface area (Å²) in [6.07, 6.45) is 0. The lowest BCUT2D eigenvalue weighted by molar-refractivity contribution is 0.200. The molecule has 0 amide bonds. The molecule has 1 aliphatic rings. The van der Waals surface area contributed by atoms with Crippen molar-refractivity contribution in [1.29, 1.82) is 0 Å². The molecule has 1 saturated heterocycles. The molecule has 3 aromatic rings. The quantitative estimate of drug-likeness (QED) is 0.705. The Kier molecular flexibility index (Phi) is 5.65. The molecule has 4 heteroatoms. The Bertz CT molecular complexity index is 798. The van der Waals surface area contributed by atoms with E-state index in [1.165, 1.54) is 16.0 Å². The van der Waals surface area contributed by atoms with Crippen LogP contribution in [0.25, 0.3) is 0 Å². The molecule has 2 aromatic carbocycles. The molecule has 26 heavy (non-hydrogen) atoms. The zero-order chi connectivity index (χ0) is 17.6. The van der Waals surface area contributed by atoms with Crippen molar-refractivity contribution in [2.45, 2.75) is 12.6 Å². The number of nitrogens with one attached hydrogen (secondary N) is 1. The van der Waals surface area contributed by atoms with E-state index in [9.17, 15) is 0 Å². The van der Waals surface area contributed by atoms with Crippen LogP contribution in [0.15, 0.2) is 72.1 Å². The predicted molar refractivity (Wildman–Crippen MR) is 108 cm³/mol. The Balaban J connectivity index is 1.56. The smallest absolute Gasteiger partial charge is 0.120 e. The molecule has 1 fully saturated rings. The van der Waals surface area contributed by atoms with E-state index in [1.54, 1.807) is 0 Å². The number of nitrogens with zero attached hydrogens (tertiary/aromatic N) is 1. The van der Waals surface area contributed by atoms with Crippen molar-refractivity contribution < 1.29 is 4.74 Å². The standard InChI is InChI=1S/C22H24N2OS/c1-2-6-18(7-3-1)17-25-20-9-4-8-19(16-20)22(21-10-5-15-26-21)24-13-11-23-12-14-24/h1-10,15-16,22-23H,11-14,17H2/t22-/m1/s1. The summed E-state index contributed by atoms with van der Waals surface area (Å²) in [6, 6.07) is 23.6. The van der Waals surface area contributed by atoms with Crippen molar-refractivity contribution in [2.24, 2.45) is 0 Å². The molecule has 0 unspecified atom stereocenters. The molecule has 134 valence electrons. The van der Waals surface area contributed by atoms with Gasteiger partial charge < -0.3 is 10.1 Å². The molecule has 0 saturated carbocycles. The number of piperazine rings is 1. The van der Waals surface area contributed by atoms with Gasteiger partial charge in [0.15, 0.2) is 0 Å². The van der Waals surface area contributed by atoms with Gasteiger partial charge in [0, 0.05) is 31.1 Å². The van der Waals surface area contributed by atoms with Crippen LogP contribution in [-0.2, 0) is 6.61 Å². The highest BCUT2D eigenvalue weighted by atomic mass is 32.1. The molecule has 3 nitrogen and oxygen atoms in total. The molecule has 0 radical (unpaired) electrons. The fourth-order valence-corrected chi connectivity index (χ4v) is 4.34. The summed E-state index contributed by atoms with van der Waals surface area (Å²) >= 11 is 1.83. The first-order valence-electron chi connectivity index (χ1n) is 9.15. The summed E-state index contributed by atoms with van der Waals surface area (Å²) in [5.41, 5.74) is 2.50. The summed E-state index contributed by atoms with van der Waals surface area (Å²) < 4.78 is 6.06. The third-order valence-electron chi connectivity index (χ3n) is 4.75. The van der Waals surface area contributed by atoms with Gasteiger partial charge >= 0.3 is 0 Å². The fourth-order valence-electron chi connectivity index (χ4n) is 3.46. The monoisotopic (exact) mass is 364 g/mol. The Morgan fingerprint density at radius 1 is 0.962 bits per heavy atom. The third kappa shape index (κ3) is 4.15. The largest absolute Gasteiger partial charge is 0.489 e. The number of thiophene rings is 1. The molecule has 4 rings (SSSR count). The number of benzene rings is 2. The van der Waals surface area contributed by atoms with Crippen LogP contribution in [-0.4, -0.2) is 31.1 Å². The van der Waals surface area contributed by atoms with Crippen LogP contribution in [0, 0.1) is 0 Å². The summed E-state index contributed by atoms with van der Waals surface area (Å²) in [5, 5.41) is 5.62. The second-order valence-electron chi connectivity index (χ2n) is 6.55. The van der Waals surface area contributed by atoms with Crippen molar-refractivity contribution in [2.75, 3.05) is 26.2 Å². The van der Waals surface area contributed by atoms with Gasteiger partial charge in [-0.05, 0) is 34.7 Å². The minimum absolute atomic E-state index is 0.303. The zero-order valence-corrected chi connectivity index (χ0v) is 15.6. The lowest BCUT2D eigenvalue weighted by Gasteiger charge is -2.34. The molecule has 2 heterocycles. The summed E-state index contributed by atoms with van der Waals surface area (Å²) in [5.74, 6) is 0.933. The maximum atomic E-state index is 6.06. The van der Waals surface area contributed by atoms with Gasteiger partial charge in [-0.1, -0.05) is 48.5 Å². The molecule has 0 spiro atoms. The van der Waals surface area contributed by atoms with Gasteiger partial charge in [0.25, 0.3) is 0 Å². The van der Waals surface area contributed by atoms with Crippen LogP contribution in [0.4, 0.5) is 0 Å². The first-order chi connectivity index (χ1) is 12.9. The molecular weight excluding hydrogens is 340 g/mol. The van der Waals surface area contributed by atoms with Gasteiger partial charge in [-0.25, -0.2) is 0 Å². The second-order valence-corrected chi connectivity index (χ2v) is 7.53. The van der Waals surface area contributed by atoms with Gasteiger partial charge in [0.1, 0.15) is 12.4 Å².